The van der Waals surface area contributed by atoms with Crippen LogP contribution in [0.2, 0.25) is 0 Å². The Hall–Kier alpha value is -2.04. The number of halogens is 1. The van der Waals surface area contributed by atoms with Crippen molar-refractivity contribution in [1.29, 1.82) is 5.26 Å². The molecule has 0 N–H and O–H groups in total. The van der Waals surface area contributed by atoms with E-state index in [1.54, 1.807) is 23.1 Å². The second kappa shape index (κ2) is 9.44. The average Bonchev–Trinajstić information content (AvgIpc) is 2.63. The van der Waals surface area contributed by atoms with Crippen molar-refractivity contribution >= 4 is 27.9 Å². The summed E-state index contributed by atoms with van der Waals surface area (Å²) < 4.78 is 17.2. The molecule has 0 bridgehead atoms. The van der Waals surface area contributed by atoms with Crippen molar-refractivity contribution in [1.82, 2.24) is 4.90 Å². The van der Waals surface area contributed by atoms with Gasteiger partial charge in [-0.3, -0.25) is 4.79 Å². The van der Waals surface area contributed by atoms with Crippen LogP contribution in [0.15, 0.2) is 22.2 Å². The second-order valence-electron chi connectivity index (χ2n) is 5.27. The van der Waals surface area contributed by atoms with Crippen LogP contribution in [0.25, 0.3) is 6.08 Å². The monoisotopic (exact) mass is 408 g/mol. The Bertz CT molecular complexity index is 691. The quantitative estimate of drug-likeness (QED) is 0.534. The first-order valence-corrected chi connectivity index (χ1v) is 8.97. The highest BCUT2D eigenvalue weighted by Crippen LogP contribution is 2.37. The summed E-state index contributed by atoms with van der Waals surface area (Å²) in [6.07, 6.45) is 1.57. The molecule has 0 aromatic heterocycles. The maximum Gasteiger partial charge on any atom is 0.264 e. The predicted molar refractivity (Wildman–Crippen MR) is 97.5 cm³/mol. The Morgan fingerprint density at radius 2 is 2.00 bits per heavy atom. The van der Waals surface area contributed by atoms with Crippen molar-refractivity contribution in [3.63, 3.8) is 0 Å². The maximum absolute atomic E-state index is 12.5. The molecule has 0 radical (unpaired) electrons. The first-order chi connectivity index (χ1) is 12.1. The molecule has 0 aliphatic carbocycles. The fourth-order valence-electron chi connectivity index (χ4n) is 2.46. The van der Waals surface area contributed by atoms with Crippen LogP contribution in [0.1, 0.15) is 19.4 Å². The minimum atomic E-state index is -0.284. The van der Waals surface area contributed by atoms with Gasteiger partial charge < -0.3 is 19.1 Å². The third-order valence-corrected chi connectivity index (χ3v) is 4.17. The SMILES string of the molecule is CCOc1cc(/C=C(\C#N)C(=O)N2CCOCC2)cc(Br)c1OCC. The molecule has 1 aromatic carbocycles. The molecule has 1 aromatic rings. The first kappa shape index (κ1) is 19.3. The number of ether oxygens (including phenoxy) is 3. The molecule has 134 valence electrons. The van der Waals surface area contributed by atoms with Crippen LogP contribution < -0.4 is 9.47 Å². The van der Waals surface area contributed by atoms with E-state index in [0.717, 1.165) is 0 Å². The number of rotatable bonds is 6. The van der Waals surface area contributed by atoms with Crippen molar-refractivity contribution < 1.29 is 19.0 Å². The third kappa shape index (κ3) is 4.97. The molecule has 0 spiro atoms. The van der Waals surface area contributed by atoms with E-state index in [9.17, 15) is 10.1 Å². The summed E-state index contributed by atoms with van der Waals surface area (Å²) in [6.45, 7) is 6.75. The maximum atomic E-state index is 12.5. The van der Waals surface area contributed by atoms with Gasteiger partial charge >= 0.3 is 0 Å². The molecule has 1 heterocycles. The van der Waals surface area contributed by atoms with Gasteiger partial charge in [0.1, 0.15) is 11.6 Å². The molecular formula is C18H21BrN2O4. The number of nitriles is 1. The van der Waals surface area contributed by atoms with Gasteiger partial charge in [0.15, 0.2) is 11.5 Å². The van der Waals surface area contributed by atoms with Crippen molar-refractivity contribution in [3.8, 4) is 17.6 Å². The summed E-state index contributed by atoms with van der Waals surface area (Å²) >= 11 is 3.47. The summed E-state index contributed by atoms with van der Waals surface area (Å²) in [6, 6.07) is 5.57. The van der Waals surface area contributed by atoms with Gasteiger partial charge in [0.25, 0.3) is 5.91 Å². The first-order valence-electron chi connectivity index (χ1n) is 8.18. The molecule has 6 nitrogen and oxygen atoms in total. The van der Waals surface area contributed by atoms with E-state index in [1.807, 2.05) is 19.9 Å². The Balaban J connectivity index is 2.33. The predicted octanol–water partition coefficient (Wildman–Crippen LogP) is 3.01. The van der Waals surface area contributed by atoms with Gasteiger partial charge in [0.05, 0.1) is 30.9 Å². The summed E-state index contributed by atoms with van der Waals surface area (Å²) in [5.41, 5.74) is 0.775. The number of carbonyl (C=O) groups excluding carboxylic acids is 1. The molecule has 1 saturated heterocycles. The van der Waals surface area contributed by atoms with Crippen molar-refractivity contribution in [2.24, 2.45) is 0 Å². The van der Waals surface area contributed by atoms with E-state index in [0.29, 0.717) is 61.1 Å². The fraction of sp³-hybridized carbons (Fsp3) is 0.444. The molecule has 0 saturated carbocycles. The molecule has 1 aliphatic heterocycles. The second-order valence-corrected chi connectivity index (χ2v) is 6.12. The highest BCUT2D eigenvalue weighted by molar-refractivity contribution is 9.10. The topological polar surface area (TPSA) is 71.8 Å². The molecule has 2 rings (SSSR count). The lowest BCUT2D eigenvalue weighted by Crippen LogP contribution is -2.41. The van der Waals surface area contributed by atoms with Gasteiger partial charge in [-0.1, -0.05) is 0 Å². The fourth-order valence-corrected chi connectivity index (χ4v) is 3.04. The standard InChI is InChI=1S/C18H21BrN2O4/c1-3-24-16-11-13(10-15(19)17(16)25-4-2)9-14(12-20)18(22)21-5-7-23-8-6-21/h9-11H,3-8H2,1-2H3/b14-9+. The third-order valence-electron chi connectivity index (χ3n) is 3.58. The van der Waals surface area contributed by atoms with Crippen LogP contribution in [-0.2, 0) is 9.53 Å². The molecule has 0 atom stereocenters. The molecular weight excluding hydrogens is 388 g/mol. The van der Waals surface area contributed by atoms with Gasteiger partial charge in [0, 0.05) is 13.1 Å². The zero-order valence-electron chi connectivity index (χ0n) is 14.4. The Morgan fingerprint density at radius 1 is 1.32 bits per heavy atom. The number of amides is 1. The minimum Gasteiger partial charge on any atom is -0.490 e. The van der Waals surface area contributed by atoms with Gasteiger partial charge in [-0.15, -0.1) is 0 Å². The van der Waals surface area contributed by atoms with Crippen molar-refractivity contribution in [2.75, 3.05) is 39.5 Å². The minimum absolute atomic E-state index is 0.0837. The lowest BCUT2D eigenvalue weighted by atomic mass is 10.1. The van der Waals surface area contributed by atoms with Gasteiger partial charge in [-0.2, -0.15) is 5.26 Å². The number of carbonyl (C=O) groups is 1. The van der Waals surface area contributed by atoms with E-state index in [1.165, 1.54) is 0 Å². The normalized spacial score (nSPS) is 14.8. The lowest BCUT2D eigenvalue weighted by Gasteiger charge is -2.26. The molecule has 0 unspecified atom stereocenters. The number of nitrogens with zero attached hydrogens (tertiary/aromatic N) is 2. The van der Waals surface area contributed by atoms with Crippen molar-refractivity contribution in [2.45, 2.75) is 13.8 Å². The number of hydrogen-bond donors (Lipinski definition) is 0. The van der Waals surface area contributed by atoms with Crippen LogP contribution in [-0.4, -0.2) is 50.3 Å². The van der Waals surface area contributed by atoms with Gasteiger partial charge in [-0.05, 0) is 53.5 Å². The Labute approximate surface area is 156 Å². The number of hydrogen-bond acceptors (Lipinski definition) is 5. The van der Waals surface area contributed by atoms with Crippen LogP contribution >= 0.6 is 15.9 Å². The largest absolute Gasteiger partial charge is 0.490 e. The lowest BCUT2D eigenvalue weighted by molar-refractivity contribution is -0.130. The number of morpholine rings is 1. The summed E-state index contributed by atoms with van der Waals surface area (Å²) in [5, 5.41) is 9.40. The van der Waals surface area contributed by atoms with Crippen LogP contribution in [0.5, 0.6) is 11.5 Å². The molecule has 1 aliphatic rings. The summed E-state index contributed by atoms with van der Waals surface area (Å²) in [7, 11) is 0. The van der Waals surface area contributed by atoms with E-state index >= 15 is 0 Å². The Kier molecular flexibility index (Phi) is 7.29. The van der Waals surface area contributed by atoms with Gasteiger partial charge in [0.2, 0.25) is 0 Å². The van der Waals surface area contributed by atoms with Crippen molar-refractivity contribution in [3.05, 3.63) is 27.7 Å². The van der Waals surface area contributed by atoms with Crippen LogP contribution in [0.3, 0.4) is 0 Å². The van der Waals surface area contributed by atoms with E-state index in [2.05, 4.69) is 15.9 Å². The van der Waals surface area contributed by atoms with Crippen LogP contribution in [0, 0.1) is 11.3 Å². The summed E-state index contributed by atoms with van der Waals surface area (Å²) in [4.78, 5) is 14.1. The Morgan fingerprint density at radius 3 is 2.60 bits per heavy atom. The summed E-state index contributed by atoms with van der Waals surface area (Å²) in [5.74, 6) is 0.898. The zero-order chi connectivity index (χ0) is 18.2. The van der Waals surface area contributed by atoms with E-state index in [4.69, 9.17) is 14.2 Å². The molecule has 1 fully saturated rings. The number of benzene rings is 1. The smallest absolute Gasteiger partial charge is 0.264 e. The van der Waals surface area contributed by atoms with E-state index in [-0.39, 0.29) is 11.5 Å². The highest BCUT2D eigenvalue weighted by Gasteiger charge is 2.21. The van der Waals surface area contributed by atoms with Gasteiger partial charge in [-0.25, -0.2) is 0 Å². The molecule has 1 amide bonds. The zero-order valence-corrected chi connectivity index (χ0v) is 16.0. The average molecular weight is 409 g/mol. The highest BCUT2D eigenvalue weighted by atomic mass is 79.9. The van der Waals surface area contributed by atoms with Crippen LogP contribution in [0.4, 0.5) is 0 Å². The van der Waals surface area contributed by atoms with E-state index < -0.39 is 0 Å². The molecule has 25 heavy (non-hydrogen) atoms. The molecule has 7 heteroatoms.